The van der Waals surface area contributed by atoms with E-state index in [4.69, 9.17) is 19.4 Å². The molecule has 0 amide bonds. The Balaban J connectivity index is 1.58. The van der Waals surface area contributed by atoms with Gasteiger partial charge in [-0.2, -0.15) is 5.10 Å². The maximum absolute atomic E-state index is 11.9. The molecule has 0 unspecified atom stereocenters. The highest BCUT2D eigenvalue weighted by Crippen LogP contribution is 2.42. The van der Waals surface area contributed by atoms with E-state index in [9.17, 15) is 5.11 Å². The van der Waals surface area contributed by atoms with Crippen LogP contribution >= 0.6 is 10.0 Å². The molecule has 8 nitrogen and oxygen atoms in total. The van der Waals surface area contributed by atoms with E-state index in [-0.39, 0.29) is 6.04 Å². The van der Waals surface area contributed by atoms with E-state index in [1.165, 1.54) is 6.42 Å². The van der Waals surface area contributed by atoms with Crippen molar-refractivity contribution >= 4 is 26.7 Å². The standard InChI is InChI=1S/C28H41N5O3S/c1-21-19-35-15-14-32(21)25-18-23(28(34)10-6-5-7-11-28)22-8-12-29-27(26(22)31-25)24-9-13-30-33(24)20-36-16-17-37(2,3)4/h8-9,12-13,18,21,34H,5-7,10-11,14-17,19-20H2,1-4H3/t21-/m1/s1. The topological polar surface area (TPSA) is 85.5 Å². The van der Waals surface area contributed by atoms with Gasteiger partial charge in [-0.3, -0.25) is 4.98 Å². The van der Waals surface area contributed by atoms with Crippen molar-refractivity contribution in [2.75, 3.05) is 55.8 Å². The lowest BCUT2D eigenvalue weighted by molar-refractivity contribution is 0.000714. The number of aromatic nitrogens is 4. The second-order valence-electron chi connectivity index (χ2n) is 11.3. The number of hydrogen-bond acceptors (Lipinski definition) is 7. The van der Waals surface area contributed by atoms with E-state index in [0.29, 0.717) is 26.6 Å². The van der Waals surface area contributed by atoms with Crippen LogP contribution in [-0.4, -0.2) is 81.8 Å². The van der Waals surface area contributed by atoms with Crippen LogP contribution in [0.1, 0.15) is 44.6 Å². The van der Waals surface area contributed by atoms with Crippen molar-refractivity contribution in [2.45, 2.75) is 57.4 Å². The Morgan fingerprint density at radius 1 is 1.16 bits per heavy atom. The number of hydrogen-bond donors (Lipinski definition) is 1. The van der Waals surface area contributed by atoms with Gasteiger partial charge < -0.3 is 19.5 Å². The molecule has 37 heavy (non-hydrogen) atoms. The molecule has 1 aliphatic heterocycles. The van der Waals surface area contributed by atoms with E-state index in [1.54, 1.807) is 6.20 Å². The fourth-order valence-electron chi connectivity index (χ4n) is 5.43. The molecule has 9 heteroatoms. The number of nitrogens with zero attached hydrogens (tertiary/aromatic N) is 5. The molecule has 1 saturated heterocycles. The van der Waals surface area contributed by atoms with Gasteiger partial charge in [0.05, 0.1) is 37.2 Å². The third kappa shape index (κ3) is 5.79. The number of fused-ring (bicyclic) bond motifs is 1. The van der Waals surface area contributed by atoms with E-state index in [0.717, 1.165) is 71.7 Å². The van der Waals surface area contributed by atoms with Gasteiger partial charge in [0.1, 0.15) is 23.8 Å². The van der Waals surface area contributed by atoms with E-state index in [2.05, 4.69) is 41.8 Å². The van der Waals surface area contributed by atoms with Crippen LogP contribution in [0, 0.1) is 0 Å². The Morgan fingerprint density at radius 3 is 2.73 bits per heavy atom. The minimum Gasteiger partial charge on any atom is -0.385 e. The van der Waals surface area contributed by atoms with E-state index >= 15 is 0 Å². The first-order valence-corrected chi connectivity index (χ1v) is 16.4. The highest BCUT2D eigenvalue weighted by molar-refractivity contribution is 8.32. The van der Waals surface area contributed by atoms with Gasteiger partial charge in [-0.05, 0) is 62.3 Å². The number of anilines is 1. The fourth-order valence-corrected chi connectivity index (χ4v) is 6.05. The minimum atomic E-state index is -0.860. The number of ether oxygens (including phenoxy) is 2. The maximum Gasteiger partial charge on any atom is 0.140 e. The van der Waals surface area contributed by atoms with Gasteiger partial charge in [-0.25, -0.2) is 19.7 Å². The molecule has 202 valence electrons. The van der Waals surface area contributed by atoms with Gasteiger partial charge in [-0.15, -0.1) is 0 Å². The zero-order valence-corrected chi connectivity index (χ0v) is 23.5. The first-order chi connectivity index (χ1) is 17.8. The lowest BCUT2D eigenvalue weighted by atomic mass is 9.78. The SMILES string of the molecule is C[C@@H]1COCCN1c1cc(C2(O)CCCCC2)c2ccnc(-c3ccnn3COCCS(C)(C)C)c2n1. The van der Waals surface area contributed by atoms with Gasteiger partial charge in [0.2, 0.25) is 0 Å². The van der Waals surface area contributed by atoms with Crippen molar-refractivity contribution in [3.63, 3.8) is 0 Å². The van der Waals surface area contributed by atoms with E-state index < -0.39 is 15.6 Å². The largest absolute Gasteiger partial charge is 0.385 e. The predicted molar refractivity (Wildman–Crippen MR) is 152 cm³/mol. The summed E-state index contributed by atoms with van der Waals surface area (Å²) in [5.74, 6) is 1.93. The fraction of sp³-hybridized carbons (Fsp3) is 0.607. The Morgan fingerprint density at radius 2 is 1.97 bits per heavy atom. The molecule has 3 aromatic rings. The number of pyridine rings is 2. The van der Waals surface area contributed by atoms with Gasteiger partial charge >= 0.3 is 0 Å². The Kier molecular flexibility index (Phi) is 7.77. The summed E-state index contributed by atoms with van der Waals surface area (Å²) >= 11 is 0. The second kappa shape index (κ2) is 10.9. The molecule has 0 aromatic carbocycles. The van der Waals surface area contributed by atoms with Crippen molar-refractivity contribution in [3.05, 3.63) is 36.2 Å². The van der Waals surface area contributed by atoms with Crippen molar-refractivity contribution in [1.29, 1.82) is 0 Å². The molecule has 1 N–H and O–H groups in total. The number of rotatable bonds is 8. The third-order valence-corrected chi connectivity index (χ3v) is 8.96. The normalized spacial score (nSPS) is 20.9. The van der Waals surface area contributed by atoms with Crippen LogP contribution < -0.4 is 4.90 Å². The molecular weight excluding hydrogens is 486 g/mol. The molecule has 1 saturated carbocycles. The zero-order chi connectivity index (χ0) is 26.0. The van der Waals surface area contributed by atoms with Gasteiger partial charge in [0.25, 0.3) is 0 Å². The molecular formula is C28H41N5O3S. The Bertz CT molecular complexity index is 1220. The van der Waals surface area contributed by atoms with Crippen LogP contribution in [0.15, 0.2) is 30.6 Å². The Labute approximate surface area is 221 Å². The van der Waals surface area contributed by atoms with Crippen LogP contribution in [-0.2, 0) is 21.8 Å². The van der Waals surface area contributed by atoms with Crippen LogP contribution in [0.5, 0.6) is 0 Å². The van der Waals surface area contributed by atoms with Gasteiger partial charge in [-0.1, -0.05) is 19.3 Å². The molecule has 1 atom stereocenters. The van der Waals surface area contributed by atoms with Gasteiger partial charge in [0, 0.05) is 30.1 Å². The van der Waals surface area contributed by atoms with Crippen molar-refractivity contribution in [1.82, 2.24) is 19.7 Å². The summed E-state index contributed by atoms with van der Waals surface area (Å²) in [4.78, 5) is 12.3. The molecule has 1 aliphatic carbocycles. The Hall–Kier alpha value is -2.20. The summed E-state index contributed by atoms with van der Waals surface area (Å²) in [5, 5.41) is 17.4. The van der Waals surface area contributed by atoms with Crippen molar-refractivity contribution in [2.24, 2.45) is 0 Å². The minimum absolute atomic E-state index is 0.205. The summed E-state index contributed by atoms with van der Waals surface area (Å²) in [6.45, 7) is 5.34. The van der Waals surface area contributed by atoms with Gasteiger partial charge in [0.15, 0.2) is 0 Å². The van der Waals surface area contributed by atoms with Crippen LogP contribution in [0.3, 0.4) is 0 Å². The zero-order valence-electron chi connectivity index (χ0n) is 22.7. The molecule has 2 fully saturated rings. The monoisotopic (exact) mass is 527 g/mol. The average Bonchev–Trinajstić information content (AvgIpc) is 3.34. The molecule has 3 aromatic heterocycles. The summed E-state index contributed by atoms with van der Waals surface area (Å²) in [5.41, 5.74) is 2.54. The maximum atomic E-state index is 11.9. The van der Waals surface area contributed by atoms with Crippen LogP contribution in [0.4, 0.5) is 5.82 Å². The van der Waals surface area contributed by atoms with Crippen molar-refractivity contribution < 1.29 is 14.6 Å². The van der Waals surface area contributed by atoms with E-state index in [1.807, 2.05) is 23.0 Å². The molecule has 0 radical (unpaired) electrons. The number of aliphatic hydroxyl groups is 1. The van der Waals surface area contributed by atoms with Crippen LogP contribution in [0.2, 0.25) is 0 Å². The quantitative estimate of drug-likeness (QED) is 0.431. The second-order valence-corrected chi connectivity index (χ2v) is 15.9. The number of morpholine rings is 1. The summed E-state index contributed by atoms with van der Waals surface area (Å²) < 4.78 is 13.6. The molecule has 5 rings (SSSR count). The lowest BCUT2D eigenvalue weighted by Crippen LogP contribution is -2.44. The first-order valence-electron chi connectivity index (χ1n) is 13.4. The molecule has 2 aliphatic rings. The summed E-state index contributed by atoms with van der Waals surface area (Å²) in [6.07, 6.45) is 15.3. The third-order valence-electron chi connectivity index (χ3n) is 7.57. The molecule has 0 bridgehead atoms. The lowest BCUT2D eigenvalue weighted by Gasteiger charge is -2.37. The smallest absolute Gasteiger partial charge is 0.140 e. The molecule has 0 spiro atoms. The van der Waals surface area contributed by atoms with Crippen LogP contribution in [0.25, 0.3) is 22.3 Å². The highest BCUT2D eigenvalue weighted by atomic mass is 32.3. The van der Waals surface area contributed by atoms with Crippen molar-refractivity contribution in [3.8, 4) is 11.4 Å². The summed E-state index contributed by atoms with van der Waals surface area (Å²) in [7, 11) is -0.612. The average molecular weight is 528 g/mol. The highest BCUT2D eigenvalue weighted by Gasteiger charge is 2.35. The molecule has 4 heterocycles. The first kappa shape index (κ1) is 26.4. The summed E-state index contributed by atoms with van der Waals surface area (Å²) in [6, 6.07) is 6.30. The predicted octanol–water partition coefficient (Wildman–Crippen LogP) is 4.54.